The maximum absolute atomic E-state index is 11.9. The van der Waals surface area contributed by atoms with Gasteiger partial charge in [0.2, 0.25) is 5.91 Å². The number of rotatable bonds is 8. The van der Waals surface area contributed by atoms with Gasteiger partial charge in [-0.1, -0.05) is 0 Å². The quantitative estimate of drug-likeness (QED) is 0.442. The highest BCUT2D eigenvalue weighted by atomic mass is 16.6. The van der Waals surface area contributed by atoms with Gasteiger partial charge < -0.3 is 15.0 Å². The number of likely N-dealkylation sites (tertiary alicyclic amines) is 1. The predicted molar refractivity (Wildman–Crippen MR) is 96.2 cm³/mol. The summed E-state index contributed by atoms with van der Waals surface area (Å²) in [6.07, 6.45) is 5.29. The van der Waals surface area contributed by atoms with Crippen molar-refractivity contribution in [1.82, 2.24) is 10.2 Å². The van der Waals surface area contributed by atoms with Crippen molar-refractivity contribution >= 4 is 17.7 Å². The van der Waals surface area contributed by atoms with E-state index in [0.717, 1.165) is 44.6 Å². The van der Waals surface area contributed by atoms with Crippen molar-refractivity contribution in [3.63, 3.8) is 0 Å². The number of nitrogens with one attached hydrogen (secondary N) is 1. The van der Waals surface area contributed by atoms with Crippen molar-refractivity contribution in [2.24, 2.45) is 5.92 Å². The molecule has 0 spiro atoms. The average molecular weight is 347 g/mol. The molecule has 7 heteroatoms. The van der Waals surface area contributed by atoms with Crippen LogP contribution in [-0.4, -0.2) is 55.6 Å². The topological polar surface area (TPSA) is 84.7 Å². The first-order chi connectivity index (χ1) is 12.1. The summed E-state index contributed by atoms with van der Waals surface area (Å²) < 4.78 is 5.09. The molecule has 2 rings (SSSR count). The second-order valence-electron chi connectivity index (χ2n) is 6.20. The molecule has 25 heavy (non-hydrogen) atoms. The van der Waals surface area contributed by atoms with Crippen LogP contribution in [0.15, 0.2) is 30.3 Å². The molecule has 1 amide bonds. The number of methoxy groups -OCH3 is 1. The second-order valence-corrected chi connectivity index (χ2v) is 6.20. The maximum atomic E-state index is 11.9. The Labute approximate surface area is 147 Å². The number of amides is 1. The Morgan fingerprint density at radius 2 is 2.04 bits per heavy atom. The van der Waals surface area contributed by atoms with E-state index >= 15 is 0 Å². The van der Waals surface area contributed by atoms with Crippen LogP contribution in [0.5, 0.6) is 0 Å². The number of non-ortho nitro benzene ring substituents is 1. The van der Waals surface area contributed by atoms with Crippen molar-refractivity contribution in [2.45, 2.75) is 12.8 Å². The van der Waals surface area contributed by atoms with Crippen LogP contribution in [0.4, 0.5) is 5.69 Å². The minimum atomic E-state index is -0.444. The van der Waals surface area contributed by atoms with E-state index in [4.69, 9.17) is 4.74 Å². The fourth-order valence-electron chi connectivity index (χ4n) is 2.82. The van der Waals surface area contributed by atoms with Crippen LogP contribution in [0.2, 0.25) is 0 Å². The molecule has 1 saturated heterocycles. The number of nitro benzene ring substituents is 1. The van der Waals surface area contributed by atoms with Crippen LogP contribution in [0.25, 0.3) is 6.08 Å². The van der Waals surface area contributed by atoms with E-state index in [1.165, 1.54) is 18.2 Å². The highest BCUT2D eigenvalue weighted by Crippen LogP contribution is 2.16. The summed E-state index contributed by atoms with van der Waals surface area (Å²) in [4.78, 5) is 24.4. The average Bonchev–Trinajstić information content (AvgIpc) is 2.64. The van der Waals surface area contributed by atoms with E-state index in [2.05, 4.69) is 10.2 Å². The van der Waals surface area contributed by atoms with Gasteiger partial charge in [0, 0.05) is 38.4 Å². The lowest BCUT2D eigenvalue weighted by atomic mass is 9.97. The van der Waals surface area contributed by atoms with E-state index in [0.29, 0.717) is 12.5 Å². The van der Waals surface area contributed by atoms with E-state index in [1.54, 1.807) is 25.3 Å². The third-order valence-corrected chi connectivity index (χ3v) is 4.41. The molecular weight excluding hydrogens is 322 g/mol. The fraction of sp³-hybridized carbons (Fsp3) is 0.500. The molecule has 0 aromatic heterocycles. The van der Waals surface area contributed by atoms with E-state index < -0.39 is 4.92 Å². The first-order valence-electron chi connectivity index (χ1n) is 8.50. The molecule has 1 fully saturated rings. The Morgan fingerprint density at radius 3 is 2.64 bits per heavy atom. The summed E-state index contributed by atoms with van der Waals surface area (Å²) in [6.45, 7) is 4.50. The summed E-state index contributed by atoms with van der Waals surface area (Å²) in [5, 5.41) is 13.5. The molecule has 0 radical (unpaired) electrons. The van der Waals surface area contributed by atoms with Crippen molar-refractivity contribution in [3.05, 3.63) is 46.0 Å². The van der Waals surface area contributed by atoms with Crippen LogP contribution < -0.4 is 5.32 Å². The molecular formula is C18H25N3O4. The van der Waals surface area contributed by atoms with E-state index in [-0.39, 0.29) is 11.6 Å². The van der Waals surface area contributed by atoms with E-state index in [9.17, 15) is 14.9 Å². The van der Waals surface area contributed by atoms with Crippen LogP contribution in [0, 0.1) is 16.0 Å². The number of carbonyl (C=O) groups excluding carboxylic acids is 1. The Bertz CT molecular complexity index is 593. The minimum Gasteiger partial charge on any atom is -0.383 e. The van der Waals surface area contributed by atoms with Gasteiger partial charge >= 0.3 is 0 Å². The zero-order chi connectivity index (χ0) is 18.1. The Kier molecular flexibility index (Phi) is 7.56. The summed E-state index contributed by atoms with van der Waals surface area (Å²) >= 11 is 0. The van der Waals surface area contributed by atoms with Gasteiger partial charge in [-0.05, 0) is 55.6 Å². The number of ether oxygens (including phenoxy) is 1. The highest BCUT2D eigenvalue weighted by molar-refractivity contribution is 5.91. The molecule has 0 atom stereocenters. The van der Waals surface area contributed by atoms with Crippen LogP contribution >= 0.6 is 0 Å². The molecule has 0 aliphatic carbocycles. The number of hydrogen-bond donors (Lipinski definition) is 1. The lowest BCUT2D eigenvalue weighted by molar-refractivity contribution is -0.384. The smallest absolute Gasteiger partial charge is 0.269 e. The zero-order valence-electron chi connectivity index (χ0n) is 14.5. The number of nitrogens with zero attached hydrogens (tertiary/aromatic N) is 2. The molecule has 1 aromatic carbocycles. The molecule has 136 valence electrons. The SMILES string of the molecule is COCCN1CCC(CNC(=O)/C=C/c2ccc([N+](=O)[O-])cc2)CC1. The van der Waals surface area contributed by atoms with Gasteiger partial charge in [-0.25, -0.2) is 0 Å². The van der Waals surface area contributed by atoms with Crippen molar-refractivity contribution in [3.8, 4) is 0 Å². The second kappa shape index (κ2) is 9.90. The standard InChI is InChI=1S/C18H25N3O4/c1-25-13-12-20-10-8-16(9-11-20)14-19-18(22)7-4-15-2-5-17(6-3-15)21(23)24/h2-7,16H,8-14H2,1H3,(H,19,22)/b7-4+. The summed E-state index contributed by atoms with van der Waals surface area (Å²) in [5.74, 6) is 0.371. The third kappa shape index (κ3) is 6.64. The molecule has 1 heterocycles. The van der Waals surface area contributed by atoms with Gasteiger partial charge in [0.15, 0.2) is 0 Å². The number of nitro groups is 1. The Morgan fingerprint density at radius 1 is 1.36 bits per heavy atom. The normalized spacial score (nSPS) is 16.2. The Hall–Kier alpha value is -2.25. The number of carbonyl (C=O) groups is 1. The summed E-state index contributed by atoms with van der Waals surface area (Å²) in [5.41, 5.74) is 0.797. The van der Waals surface area contributed by atoms with Gasteiger partial charge in [0.25, 0.3) is 5.69 Å². The van der Waals surface area contributed by atoms with Gasteiger partial charge in [0.05, 0.1) is 11.5 Å². The molecule has 0 bridgehead atoms. The largest absolute Gasteiger partial charge is 0.383 e. The van der Waals surface area contributed by atoms with Gasteiger partial charge in [-0.2, -0.15) is 0 Å². The third-order valence-electron chi connectivity index (χ3n) is 4.41. The highest BCUT2D eigenvalue weighted by Gasteiger charge is 2.18. The predicted octanol–water partition coefficient (Wildman–Crippen LogP) is 2.08. The molecule has 7 nitrogen and oxygen atoms in total. The van der Waals surface area contributed by atoms with Crippen LogP contribution in [-0.2, 0) is 9.53 Å². The number of hydrogen-bond acceptors (Lipinski definition) is 5. The monoisotopic (exact) mass is 347 g/mol. The minimum absolute atomic E-state index is 0.0402. The zero-order valence-corrected chi connectivity index (χ0v) is 14.5. The lowest BCUT2D eigenvalue weighted by Gasteiger charge is -2.31. The van der Waals surface area contributed by atoms with Gasteiger partial charge in [0.1, 0.15) is 0 Å². The number of piperidine rings is 1. The molecule has 1 aliphatic heterocycles. The maximum Gasteiger partial charge on any atom is 0.269 e. The first kappa shape index (κ1) is 19.1. The summed E-state index contributed by atoms with van der Waals surface area (Å²) in [6, 6.07) is 6.10. The van der Waals surface area contributed by atoms with E-state index in [1.807, 2.05) is 0 Å². The molecule has 0 saturated carbocycles. The van der Waals surface area contributed by atoms with Crippen molar-refractivity contribution in [1.29, 1.82) is 0 Å². The molecule has 1 N–H and O–H groups in total. The van der Waals surface area contributed by atoms with Gasteiger partial charge in [-0.3, -0.25) is 14.9 Å². The summed E-state index contributed by atoms with van der Waals surface area (Å²) in [7, 11) is 1.71. The molecule has 1 aromatic rings. The first-order valence-corrected chi connectivity index (χ1v) is 8.50. The lowest BCUT2D eigenvalue weighted by Crippen LogP contribution is -2.39. The fourth-order valence-corrected chi connectivity index (χ4v) is 2.82. The van der Waals surface area contributed by atoms with Crippen LogP contribution in [0.3, 0.4) is 0 Å². The molecule has 0 unspecified atom stereocenters. The number of benzene rings is 1. The van der Waals surface area contributed by atoms with Crippen molar-refractivity contribution in [2.75, 3.05) is 39.9 Å². The molecule has 1 aliphatic rings. The van der Waals surface area contributed by atoms with Gasteiger partial charge in [-0.15, -0.1) is 0 Å². The Balaban J connectivity index is 1.69. The van der Waals surface area contributed by atoms with Crippen LogP contribution in [0.1, 0.15) is 18.4 Å². The van der Waals surface area contributed by atoms with Crippen molar-refractivity contribution < 1.29 is 14.5 Å².